The van der Waals surface area contributed by atoms with E-state index in [1.165, 1.54) is 13.2 Å². The van der Waals surface area contributed by atoms with Crippen molar-refractivity contribution in [3.8, 4) is 0 Å². The molecule has 2 aromatic heterocycles. The molecule has 2 heterocycles. The van der Waals surface area contributed by atoms with Gasteiger partial charge in [0.25, 0.3) is 0 Å². The molecule has 4 nitrogen and oxygen atoms in total. The average molecular weight is 237 g/mol. The minimum Gasteiger partial charge on any atom is -0.466 e. The van der Waals surface area contributed by atoms with E-state index in [9.17, 15) is 4.79 Å². The molecule has 0 saturated carbocycles. The molecular weight excluding hydrogens is 228 g/mol. The molecule has 0 fully saturated rings. The van der Waals surface area contributed by atoms with E-state index in [0.29, 0.717) is 10.7 Å². The van der Waals surface area contributed by atoms with Crippen LogP contribution in [0, 0.1) is 0 Å². The Labute approximate surface area is 96.9 Å². The molecule has 0 bridgehead atoms. The molecule has 16 heavy (non-hydrogen) atoms. The number of H-pyrrole nitrogens is 1. The number of rotatable bonds is 2. The van der Waals surface area contributed by atoms with Crippen LogP contribution in [0.15, 0.2) is 24.5 Å². The summed E-state index contributed by atoms with van der Waals surface area (Å²) in [5.74, 6) is -0.408. The summed E-state index contributed by atoms with van der Waals surface area (Å²) >= 11 is 6.04. The molecule has 0 aliphatic rings. The first kappa shape index (κ1) is 10.7. The fraction of sp³-hybridized carbons (Fsp3) is 0.0909. The zero-order chi connectivity index (χ0) is 11.5. The molecule has 0 aromatic carbocycles. The predicted molar refractivity (Wildman–Crippen MR) is 62.2 cm³/mol. The minimum atomic E-state index is -0.408. The van der Waals surface area contributed by atoms with Gasteiger partial charge in [0.15, 0.2) is 0 Å². The van der Waals surface area contributed by atoms with Crippen molar-refractivity contribution in [2.24, 2.45) is 0 Å². The molecule has 82 valence electrons. The van der Waals surface area contributed by atoms with E-state index in [1.54, 1.807) is 24.5 Å². The van der Waals surface area contributed by atoms with Crippen LogP contribution in [0.25, 0.3) is 17.1 Å². The molecule has 2 rings (SSSR count). The summed E-state index contributed by atoms with van der Waals surface area (Å²) in [6.45, 7) is 0. The van der Waals surface area contributed by atoms with E-state index < -0.39 is 5.97 Å². The lowest BCUT2D eigenvalue weighted by Crippen LogP contribution is -1.93. The normalized spacial score (nSPS) is 11.1. The largest absolute Gasteiger partial charge is 0.466 e. The van der Waals surface area contributed by atoms with E-state index in [0.717, 1.165) is 10.9 Å². The molecule has 1 N–H and O–H groups in total. The van der Waals surface area contributed by atoms with Crippen molar-refractivity contribution < 1.29 is 9.53 Å². The maximum atomic E-state index is 11.0. The highest BCUT2D eigenvalue weighted by Gasteiger charge is 2.06. The first-order valence-electron chi connectivity index (χ1n) is 4.60. The second kappa shape index (κ2) is 4.37. The third-order valence-electron chi connectivity index (χ3n) is 2.15. The van der Waals surface area contributed by atoms with E-state index in [-0.39, 0.29) is 0 Å². The lowest BCUT2D eigenvalue weighted by atomic mass is 10.2. The zero-order valence-corrected chi connectivity index (χ0v) is 9.28. The van der Waals surface area contributed by atoms with Crippen LogP contribution in [0.5, 0.6) is 0 Å². The van der Waals surface area contributed by atoms with E-state index in [2.05, 4.69) is 14.7 Å². The van der Waals surface area contributed by atoms with E-state index in [4.69, 9.17) is 11.6 Å². The number of fused-ring (bicyclic) bond motifs is 1. The van der Waals surface area contributed by atoms with E-state index >= 15 is 0 Å². The number of methoxy groups -OCH3 is 1. The van der Waals surface area contributed by atoms with Gasteiger partial charge in [-0.15, -0.1) is 0 Å². The molecule has 0 saturated heterocycles. The van der Waals surface area contributed by atoms with Gasteiger partial charge in [0.2, 0.25) is 0 Å². The average Bonchev–Trinajstić information content (AvgIpc) is 2.70. The quantitative estimate of drug-likeness (QED) is 0.644. The molecule has 0 aliphatic carbocycles. The summed E-state index contributed by atoms with van der Waals surface area (Å²) in [5.41, 5.74) is 1.50. The maximum absolute atomic E-state index is 11.0. The van der Waals surface area contributed by atoms with Gasteiger partial charge in [-0.2, -0.15) is 0 Å². The number of aromatic nitrogens is 2. The van der Waals surface area contributed by atoms with Gasteiger partial charge in [-0.05, 0) is 12.1 Å². The highest BCUT2D eigenvalue weighted by molar-refractivity contribution is 6.35. The summed E-state index contributed by atoms with van der Waals surface area (Å²) in [6.07, 6.45) is 6.34. The summed E-state index contributed by atoms with van der Waals surface area (Å²) in [5, 5.41) is 1.39. The predicted octanol–water partition coefficient (Wildman–Crippen LogP) is 2.40. The van der Waals surface area contributed by atoms with Gasteiger partial charge in [0.05, 0.1) is 12.1 Å². The Morgan fingerprint density at radius 2 is 2.44 bits per heavy atom. The van der Waals surface area contributed by atoms with Crippen LogP contribution in [0.3, 0.4) is 0 Å². The molecule has 5 heteroatoms. The number of aromatic amines is 1. The fourth-order valence-corrected chi connectivity index (χ4v) is 1.65. The summed E-state index contributed by atoms with van der Waals surface area (Å²) in [6, 6.07) is 1.70. The number of hydrogen-bond acceptors (Lipinski definition) is 3. The van der Waals surface area contributed by atoms with Crippen LogP contribution in [0.2, 0.25) is 5.02 Å². The lowest BCUT2D eigenvalue weighted by Gasteiger charge is -1.94. The Bertz CT molecular complexity index is 560. The number of ether oxygens (including phenoxy) is 1. The number of carbonyl (C=O) groups is 1. The van der Waals surface area contributed by atoms with Gasteiger partial charge in [0.1, 0.15) is 5.65 Å². The number of halogens is 1. The standard InChI is InChI=1S/C11H9ClN2O2/c1-16-9(15)3-2-7-6-14-11-10(7)8(12)4-5-13-11/h2-6H,1H3,(H,13,14). The Kier molecular flexibility index (Phi) is 2.92. The number of hydrogen-bond donors (Lipinski definition) is 1. The van der Waals surface area contributed by atoms with Gasteiger partial charge in [-0.1, -0.05) is 11.6 Å². The van der Waals surface area contributed by atoms with E-state index in [1.807, 2.05) is 0 Å². The molecule has 0 unspecified atom stereocenters. The van der Waals surface area contributed by atoms with Crippen LogP contribution >= 0.6 is 11.6 Å². The maximum Gasteiger partial charge on any atom is 0.330 e. The Morgan fingerprint density at radius 3 is 3.19 bits per heavy atom. The second-order valence-electron chi connectivity index (χ2n) is 3.12. The monoisotopic (exact) mass is 236 g/mol. The first-order chi connectivity index (χ1) is 7.72. The Balaban J connectivity index is 2.46. The molecule has 0 aliphatic heterocycles. The number of pyridine rings is 1. The molecule has 0 atom stereocenters. The highest BCUT2D eigenvalue weighted by atomic mass is 35.5. The van der Waals surface area contributed by atoms with Gasteiger partial charge < -0.3 is 9.72 Å². The van der Waals surface area contributed by atoms with Crippen LogP contribution < -0.4 is 0 Å². The molecular formula is C11H9ClN2O2. The van der Waals surface area contributed by atoms with Gasteiger partial charge in [0, 0.05) is 29.4 Å². The Hall–Kier alpha value is -1.81. The summed E-state index contributed by atoms with van der Waals surface area (Å²) < 4.78 is 4.51. The fourth-order valence-electron chi connectivity index (χ4n) is 1.40. The van der Waals surface area contributed by atoms with Crippen molar-refractivity contribution in [3.05, 3.63) is 35.1 Å². The summed E-state index contributed by atoms with van der Waals surface area (Å²) in [7, 11) is 1.33. The minimum absolute atomic E-state index is 0.408. The van der Waals surface area contributed by atoms with Gasteiger partial charge in [-0.3, -0.25) is 0 Å². The molecule has 2 aromatic rings. The van der Waals surface area contributed by atoms with Crippen molar-refractivity contribution in [2.45, 2.75) is 0 Å². The van der Waals surface area contributed by atoms with Crippen molar-refractivity contribution >= 4 is 34.7 Å². The molecule has 0 radical (unpaired) electrons. The number of nitrogens with one attached hydrogen (secondary N) is 1. The smallest absolute Gasteiger partial charge is 0.330 e. The number of nitrogens with zero attached hydrogens (tertiary/aromatic N) is 1. The third-order valence-corrected chi connectivity index (χ3v) is 2.47. The third kappa shape index (κ3) is 1.92. The first-order valence-corrected chi connectivity index (χ1v) is 4.98. The van der Waals surface area contributed by atoms with Crippen LogP contribution in [-0.2, 0) is 9.53 Å². The number of esters is 1. The second-order valence-corrected chi connectivity index (χ2v) is 3.52. The van der Waals surface area contributed by atoms with Crippen LogP contribution in [-0.4, -0.2) is 23.0 Å². The van der Waals surface area contributed by atoms with Crippen molar-refractivity contribution in [1.29, 1.82) is 0 Å². The van der Waals surface area contributed by atoms with Gasteiger partial charge in [-0.25, -0.2) is 9.78 Å². The van der Waals surface area contributed by atoms with Crippen molar-refractivity contribution in [3.63, 3.8) is 0 Å². The number of carbonyl (C=O) groups excluding carboxylic acids is 1. The van der Waals surface area contributed by atoms with Crippen LogP contribution in [0.4, 0.5) is 0 Å². The molecule has 0 amide bonds. The Morgan fingerprint density at radius 1 is 1.62 bits per heavy atom. The van der Waals surface area contributed by atoms with Crippen molar-refractivity contribution in [2.75, 3.05) is 7.11 Å². The van der Waals surface area contributed by atoms with Gasteiger partial charge >= 0.3 is 5.97 Å². The zero-order valence-electron chi connectivity index (χ0n) is 8.53. The lowest BCUT2D eigenvalue weighted by molar-refractivity contribution is -0.134. The molecule has 0 spiro atoms. The topological polar surface area (TPSA) is 55.0 Å². The summed E-state index contributed by atoms with van der Waals surface area (Å²) in [4.78, 5) is 18.1. The SMILES string of the molecule is COC(=O)C=Cc1c[nH]c2nccc(Cl)c12. The van der Waals surface area contributed by atoms with Crippen molar-refractivity contribution in [1.82, 2.24) is 9.97 Å². The highest BCUT2D eigenvalue weighted by Crippen LogP contribution is 2.25. The van der Waals surface area contributed by atoms with Crippen LogP contribution in [0.1, 0.15) is 5.56 Å².